The molecular formula is C22H16Cl2N4O2. The fraction of sp³-hybridized carbons (Fsp3) is 0.136. The number of halogens is 2. The average Bonchev–Trinajstić information content (AvgIpc) is 2.71. The van der Waals surface area contributed by atoms with E-state index in [2.05, 4.69) is 11.1 Å². The number of ether oxygens (including phenoxy) is 1. The number of nitrogens with two attached hydrogens (primary N) is 1. The molecular weight excluding hydrogens is 423 g/mol. The second-order valence-electron chi connectivity index (χ2n) is 6.84. The maximum Gasteiger partial charge on any atom is 0.259 e. The van der Waals surface area contributed by atoms with Crippen LogP contribution in [0.4, 0.5) is 0 Å². The smallest absolute Gasteiger partial charge is 0.259 e. The third-order valence-corrected chi connectivity index (χ3v) is 5.68. The summed E-state index contributed by atoms with van der Waals surface area (Å²) in [6, 6.07) is 14.3. The van der Waals surface area contributed by atoms with Gasteiger partial charge in [-0.05, 0) is 31.2 Å². The van der Waals surface area contributed by atoms with Crippen LogP contribution in [0, 0.1) is 18.3 Å². The number of aryl methyl sites for hydroxylation is 1. The van der Waals surface area contributed by atoms with Gasteiger partial charge < -0.3 is 15.0 Å². The highest BCUT2D eigenvalue weighted by Gasteiger charge is 2.36. The van der Waals surface area contributed by atoms with E-state index >= 15 is 0 Å². The van der Waals surface area contributed by atoms with Crippen molar-refractivity contribution in [1.29, 1.82) is 5.26 Å². The normalized spacial score (nSPS) is 15.3. The van der Waals surface area contributed by atoms with E-state index < -0.39 is 5.92 Å². The first kappa shape index (κ1) is 20.0. The zero-order valence-corrected chi connectivity index (χ0v) is 17.4. The number of nitriles is 1. The van der Waals surface area contributed by atoms with Crippen molar-refractivity contribution in [3.05, 3.63) is 103 Å². The van der Waals surface area contributed by atoms with E-state index in [-0.39, 0.29) is 34.9 Å². The molecule has 1 unspecified atom stereocenters. The monoisotopic (exact) mass is 438 g/mol. The van der Waals surface area contributed by atoms with Crippen LogP contribution < -0.4 is 16.0 Å². The predicted molar refractivity (Wildman–Crippen MR) is 115 cm³/mol. The summed E-state index contributed by atoms with van der Waals surface area (Å²) in [5, 5.41) is 10.4. The highest BCUT2D eigenvalue weighted by Crippen LogP contribution is 2.45. The van der Waals surface area contributed by atoms with E-state index in [1.807, 2.05) is 18.2 Å². The zero-order chi connectivity index (χ0) is 21.4. The van der Waals surface area contributed by atoms with Crippen molar-refractivity contribution < 1.29 is 4.74 Å². The van der Waals surface area contributed by atoms with E-state index in [0.717, 1.165) is 5.69 Å². The van der Waals surface area contributed by atoms with Crippen LogP contribution >= 0.6 is 23.2 Å². The molecule has 30 heavy (non-hydrogen) atoms. The predicted octanol–water partition coefficient (Wildman–Crippen LogP) is 4.13. The van der Waals surface area contributed by atoms with Crippen molar-refractivity contribution >= 4 is 23.2 Å². The van der Waals surface area contributed by atoms with Gasteiger partial charge in [-0.2, -0.15) is 5.26 Å². The summed E-state index contributed by atoms with van der Waals surface area (Å²) >= 11 is 12.9. The summed E-state index contributed by atoms with van der Waals surface area (Å²) in [7, 11) is 0. The number of pyridine rings is 2. The molecule has 1 aliphatic rings. The number of hydrogen-bond donors (Lipinski definition) is 1. The lowest BCUT2D eigenvalue weighted by Crippen LogP contribution is -2.33. The Balaban J connectivity index is 1.99. The molecule has 0 amide bonds. The lowest BCUT2D eigenvalue weighted by atomic mass is 9.84. The molecule has 1 aliphatic heterocycles. The number of allylic oxidation sites excluding steroid dienone is 1. The first-order chi connectivity index (χ1) is 14.4. The number of rotatable bonds is 3. The van der Waals surface area contributed by atoms with Gasteiger partial charge in [0.25, 0.3) is 5.56 Å². The molecule has 0 spiro atoms. The molecule has 0 saturated carbocycles. The number of hydrogen-bond acceptors (Lipinski definition) is 5. The Morgan fingerprint density at radius 2 is 1.93 bits per heavy atom. The molecule has 2 N–H and O–H groups in total. The first-order valence-corrected chi connectivity index (χ1v) is 9.83. The Hall–Kier alpha value is -3.27. The summed E-state index contributed by atoms with van der Waals surface area (Å²) in [6.07, 6.45) is 1.67. The van der Waals surface area contributed by atoms with Gasteiger partial charge >= 0.3 is 0 Å². The van der Waals surface area contributed by atoms with E-state index in [9.17, 15) is 10.1 Å². The van der Waals surface area contributed by atoms with Crippen LogP contribution in [0.5, 0.6) is 5.75 Å². The van der Waals surface area contributed by atoms with Gasteiger partial charge in [0.15, 0.2) is 0 Å². The summed E-state index contributed by atoms with van der Waals surface area (Å²) < 4.78 is 7.24. The molecule has 3 heterocycles. The van der Waals surface area contributed by atoms with Crippen molar-refractivity contribution in [3.63, 3.8) is 0 Å². The third-order valence-electron chi connectivity index (χ3n) is 5.02. The van der Waals surface area contributed by atoms with Crippen LogP contribution in [0.3, 0.4) is 0 Å². The highest BCUT2D eigenvalue weighted by atomic mass is 35.5. The van der Waals surface area contributed by atoms with Gasteiger partial charge in [-0.3, -0.25) is 9.78 Å². The first-order valence-electron chi connectivity index (χ1n) is 9.08. The quantitative estimate of drug-likeness (QED) is 0.663. The van der Waals surface area contributed by atoms with Gasteiger partial charge in [0, 0.05) is 33.6 Å². The molecule has 0 aliphatic carbocycles. The maximum atomic E-state index is 13.6. The van der Waals surface area contributed by atoms with Crippen LogP contribution in [-0.2, 0) is 6.54 Å². The molecule has 0 bridgehead atoms. The highest BCUT2D eigenvalue weighted by molar-refractivity contribution is 6.36. The van der Waals surface area contributed by atoms with Crippen molar-refractivity contribution in [2.45, 2.75) is 19.4 Å². The largest absolute Gasteiger partial charge is 0.440 e. The Kier molecular flexibility index (Phi) is 5.25. The van der Waals surface area contributed by atoms with Gasteiger partial charge in [-0.1, -0.05) is 35.3 Å². The zero-order valence-electron chi connectivity index (χ0n) is 15.9. The van der Waals surface area contributed by atoms with Gasteiger partial charge in [0.1, 0.15) is 17.4 Å². The van der Waals surface area contributed by atoms with Gasteiger partial charge in [-0.15, -0.1) is 0 Å². The fourth-order valence-corrected chi connectivity index (χ4v) is 4.23. The third kappa shape index (κ3) is 3.32. The van der Waals surface area contributed by atoms with Crippen molar-refractivity contribution in [2.75, 3.05) is 0 Å². The van der Waals surface area contributed by atoms with E-state index in [0.29, 0.717) is 21.3 Å². The number of fused-ring (bicyclic) bond motifs is 1. The Bertz CT molecular complexity index is 1260. The molecule has 1 aromatic carbocycles. The topological polar surface area (TPSA) is 93.9 Å². The summed E-state index contributed by atoms with van der Waals surface area (Å²) in [5.74, 6) is -0.637. The van der Waals surface area contributed by atoms with Crippen molar-refractivity contribution in [2.24, 2.45) is 5.73 Å². The molecule has 8 heteroatoms. The minimum atomic E-state index is -0.844. The molecule has 1 atom stereocenters. The maximum absolute atomic E-state index is 13.6. The van der Waals surface area contributed by atoms with E-state index in [1.165, 1.54) is 0 Å². The molecule has 0 radical (unpaired) electrons. The van der Waals surface area contributed by atoms with Gasteiger partial charge in [-0.25, -0.2) is 0 Å². The molecule has 3 aromatic rings. The van der Waals surface area contributed by atoms with Crippen LogP contribution in [-0.4, -0.2) is 9.55 Å². The standard InChI is InChI=1S/C22H16Cl2N4O2/c1-12-9-17-20(22(29)28(12)11-13-5-2-3-8-27-13)18(14(10-25)21(26)30-17)19-15(23)6-4-7-16(19)24/h2-9,18H,11,26H2,1H3. The average molecular weight is 439 g/mol. The number of aromatic nitrogens is 2. The second kappa shape index (κ2) is 7.86. The summed E-state index contributed by atoms with van der Waals surface area (Å²) in [4.78, 5) is 17.9. The van der Waals surface area contributed by atoms with Gasteiger partial charge in [0.2, 0.25) is 5.88 Å². The molecule has 4 rings (SSSR count). The molecule has 150 valence electrons. The van der Waals surface area contributed by atoms with Crippen LogP contribution in [0.1, 0.15) is 28.4 Å². The Morgan fingerprint density at radius 1 is 1.20 bits per heavy atom. The van der Waals surface area contributed by atoms with E-state index in [1.54, 1.807) is 42.0 Å². The Morgan fingerprint density at radius 3 is 2.57 bits per heavy atom. The lowest BCUT2D eigenvalue weighted by Gasteiger charge is -2.28. The van der Waals surface area contributed by atoms with Gasteiger partial charge in [0.05, 0.1) is 23.7 Å². The van der Waals surface area contributed by atoms with Crippen LogP contribution in [0.15, 0.2) is 64.9 Å². The molecule has 2 aromatic heterocycles. The van der Waals surface area contributed by atoms with Crippen LogP contribution in [0.25, 0.3) is 0 Å². The molecule has 0 saturated heterocycles. The Labute approximate surface area is 182 Å². The molecule has 0 fully saturated rings. The van der Waals surface area contributed by atoms with Crippen molar-refractivity contribution in [3.8, 4) is 11.8 Å². The minimum Gasteiger partial charge on any atom is -0.440 e. The number of nitrogens with zero attached hydrogens (tertiary/aromatic N) is 3. The number of benzene rings is 1. The summed E-state index contributed by atoms with van der Waals surface area (Å²) in [6.45, 7) is 2.06. The second-order valence-corrected chi connectivity index (χ2v) is 7.65. The van der Waals surface area contributed by atoms with E-state index in [4.69, 9.17) is 33.7 Å². The fourth-order valence-electron chi connectivity index (χ4n) is 3.61. The summed E-state index contributed by atoms with van der Waals surface area (Å²) in [5.41, 5.74) is 7.88. The SMILES string of the molecule is Cc1cc2c(c(=O)n1Cc1ccccn1)C(c1c(Cl)cccc1Cl)C(C#N)=C(N)O2. The lowest BCUT2D eigenvalue weighted by molar-refractivity contribution is 0.389. The molecule has 6 nitrogen and oxygen atoms in total. The van der Waals surface area contributed by atoms with Crippen LogP contribution in [0.2, 0.25) is 10.0 Å². The van der Waals surface area contributed by atoms with Crippen molar-refractivity contribution in [1.82, 2.24) is 9.55 Å². The minimum absolute atomic E-state index is 0.0766.